The first-order valence-electron chi connectivity index (χ1n) is 6.95. The molecule has 1 saturated heterocycles. The number of aromatic nitrogens is 2. The highest BCUT2D eigenvalue weighted by Crippen LogP contribution is 2.42. The van der Waals surface area contributed by atoms with Gasteiger partial charge >= 0.3 is 0 Å². The summed E-state index contributed by atoms with van der Waals surface area (Å²) in [4.78, 5) is 4.56. The standard InChI is InChI=1S/C13H21N3O2/c1-3-17-11(9-4-5-9)12-15-13(18-16-12)8(2)10-6-14-7-10/h8-11,14H,3-7H2,1-2H3. The molecule has 2 unspecified atom stereocenters. The van der Waals surface area contributed by atoms with Gasteiger partial charge in [0.05, 0.1) is 0 Å². The van der Waals surface area contributed by atoms with Crippen LogP contribution in [0.25, 0.3) is 0 Å². The van der Waals surface area contributed by atoms with E-state index < -0.39 is 0 Å². The third-order valence-electron chi connectivity index (χ3n) is 4.02. The minimum Gasteiger partial charge on any atom is -0.370 e. The zero-order valence-corrected chi connectivity index (χ0v) is 11.1. The van der Waals surface area contributed by atoms with Gasteiger partial charge in [-0.05, 0) is 44.7 Å². The number of rotatable bonds is 6. The Morgan fingerprint density at radius 2 is 2.17 bits per heavy atom. The molecule has 5 nitrogen and oxygen atoms in total. The van der Waals surface area contributed by atoms with Gasteiger partial charge in [-0.15, -0.1) is 0 Å². The lowest BCUT2D eigenvalue weighted by Gasteiger charge is -2.30. The molecular weight excluding hydrogens is 230 g/mol. The van der Waals surface area contributed by atoms with E-state index in [4.69, 9.17) is 9.26 Å². The van der Waals surface area contributed by atoms with Crippen LogP contribution in [0.2, 0.25) is 0 Å². The Morgan fingerprint density at radius 1 is 1.39 bits per heavy atom. The van der Waals surface area contributed by atoms with Crippen molar-refractivity contribution in [3.63, 3.8) is 0 Å². The molecule has 2 fully saturated rings. The van der Waals surface area contributed by atoms with Crippen LogP contribution in [0.1, 0.15) is 50.4 Å². The molecule has 100 valence electrons. The van der Waals surface area contributed by atoms with Gasteiger partial charge in [0, 0.05) is 12.5 Å². The highest BCUT2D eigenvalue weighted by molar-refractivity contribution is 5.03. The summed E-state index contributed by atoms with van der Waals surface area (Å²) in [6, 6.07) is 0. The molecule has 1 aliphatic carbocycles. The summed E-state index contributed by atoms with van der Waals surface area (Å²) in [5.74, 6) is 3.07. The first kappa shape index (κ1) is 12.1. The van der Waals surface area contributed by atoms with Crippen LogP contribution in [0.4, 0.5) is 0 Å². The molecule has 2 heterocycles. The van der Waals surface area contributed by atoms with Crippen molar-refractivity contribution in [2.75, 3.05) is 19.7 Å². The molecule has 0 radical (unpaired) electrons. The molecule has 18 heavy (non-hydrogen) atoms. The third-order valence-corrected chi connectivity index (χ3v) is 4.02. The molecular formula is C13H21N3O2. The van der Waals surface area contributed by atoms with Crippen LogP contribution in [0.3, 0.4) is 0 Å². The average Bonchev–Trinajstić information content (AvgIpc) is 3.00. The zero-order chi connectivity index (χ0) is 12.5. The van der Waals surface area contributed by atoms with E-state index in [-0.39, 0.29) is 6.10 Å². The lowest BCUT2D eigenvalue weighted by atomic mass is 9.89. The van der Waals surface area contributed by atoms with Crippen molar-refractivity contribution >= 4 is 0 Å². The zero-order valence-electron chi connectivity index (χ0n) is 11.1. The molecule has 0 spiro atoms. The normalized spacial score (nSPS) is 23.7. The van der Waals surface area contributed by atoms with Crippen molar-refractivity contribution in [2.45, 2.75) is 38.7 Å². The van der Waals surface area contributed by atoms with Gasteiger partial charge in [-0.1, -0.05) is 12.1 Å². The fraction of sp³-hybridized carbons (Fsp3) is 0.846. The van der Waals surface area contributed by atoms with Crippen molar-refractivity contribution < 1.29 is 9.26 Å². The second-order valence-electron chi connectivity index (χ2n) is 5.41. The van der Waals surface area contributed by atoms with E-state index in [9.17, 15) is 0 Å². The second kappa shape index (κ2) is 4.97. The molecule has 5 heteroatoms. The summed E-state index contributed by atoms with van der Waals surface area (Å²) in [7, 11) is 0. The fourth-order valence-corrected chi connectivity index (χ4v) is 2.41. The first-order chi connectivity index (χ1) is 8.79. The SMILES string of the molecule is CCOC(c1noc(C(C)C2CNC2)n1)C1CC1. The molecule has 1 N–H and O–H groups in total. The molecule has 2 aliphatic rings. The summed E-state index contributed by atoms with van der Waals surface area (Å²) < 4.78 is 11.2. The molecule has 1 aromatic rings. The van der Waals surface area contributed by atoms with Crippen LogP contribution in [0, 0.1) is 11.8 Å². The molecule has 3 rings (SSSR count). The predicted molar refractivity (Wildman–Crippen MR) is 66.2 cm³/mol. The topological polar surface area (TPSA) is 60.2 Å². The van der Waals surface area contributed by atoms with Gasteiger partial charge in [0.15, 0.2) is 0 Å². The molecule has 0 amide bonds. The minimum atomic E-state index is 0.0409. The third kappa shape index (κ3) is 2.29. The van der Waals surface area contributed by atoms with Gasteiger partial charge in [0.2, 0.25) is 11.7 Å². The van der Waals surface area contributed by atoms with Gasteiger partial charge in [0.25, 0.3) is 0 Å². The summed E-state index contributed by atoms with van der Waals surface area (Å²) in [5.41, 5.74) is 0. The van der Waals surface area contributed by atoms with Crippen molar-refractivity contribution in [1.29, 1.82) is 0 Å². The smallest absolute Gasteiger partial charge is 0.229 e. The van der Waals surface area contributed by atoms with E-state index in [1.807, 2.05) is 6.92 Å². The largest absolute Gasteiger partial charge is 0.370 e. The number of nitrogens with zero attached hydrogens (tertiary/aromatic N) is 2. The highest BCUT2D eigenvalue weighted by atomic mass is 16.5. The van der Waals surface area contributed by atoms with E-state index in [1.54, 1.807) is 0 Å². The summed E-state index contributed by atoms with van der Waals surface area (Å²) in [5, 5.41) is 7.40. The van der Waals surface area contributed by atoms with Crippen molar-refractivity contribution in [3.8, 4) is 0 Å². The van der Waals surface area contributed by atoms with E-state index in [0.29, 0.717) is 24.4 Å². The molecule has 1 saturated carbocycles. The van der Waals surface area contributed by atoms with Gasteiger partial charge < -0.3 is 14.6 Å². The first-order valence-corrected chi connectivity index (χ1v) is 6.95. The lowest BCUT2D eigenvalue weighted by Crippen LogP contribution is -2.44. The van der Waals surface area contributed by atoms with Gasteiger partial charge in [-0.25, -0.2) is 0 Å². The van der Waals surface area contributed by atoms with Crippen LogP contribution in [-0.2, 0) is 4.74 Å². The summed E-state index contributed by atoms with van der Waals surface area (Å²) >= 11 is 0. The van der Waals surface area contributed by atoms with E-state index in [0.717, 1.165) is 24.8 Å². The predicted octanol–water partition coefficient (Wildman–Crippen LogP) is 1.88. The maximum atomic E-state index is 5.75. The Balaban J connectivity index is 1.70. The summed E-state index contributed by atoms with van der Waals surface area (Å²) in [6.07, 6.45) is 2.48. The van der Waals surface area contributed by atoms with Crippen molar-refractivity contribution in [2.24, 2.45) is 11.8 Å². The Morgan fingerprint density at radius 3 is 2.72 bits per heavy atom. The Labute approximate surface area is 107 Å². The van der Waals surface area contributed by atoms with E-state index >= 15 is 0 Å². The van der Waals surface area contributed by atoms with Crippen LogP contribution in [0.15, 0.2) is 4.52 Å². The Kier molecular flexibility index (Phi) is 3.35. The van der Waals surface area contributed by atoms with Gasteiger partial charge in [-0.3, -0.25) is 0 Å². The van der Waals surface area contributed by atoms with E-state index in [1.165, 1.54) is 12.8 Å². The van der Waals surface area contributed by atoms with Gasteiger partial charge in [0.1, 0.15) is 6.10 Å². The number of nitrogens with one attached hydrogen (secondary N) is 1. The number of hydrogen-bond donors (Lipinski definition) is 1. The minimum absolute atomic E-state index is 0.0409. The second-order valence-corrected chi connectivity index (χ2v) is 5.41. The molecule has 2 atom stereocenters. The van der Waals surface area contributed by atoms with Crippen LogP contribution < -0.4 is 5.32 Å². The summed E-state index contributed by atoms with van der Waals surface area (Å²) in [6.45, 7) is 6.98. The maximum Gasteiger partial charge on any atom is 0.229 e. The number of ether oxygens (including phenoxy) is 1. The highest BCUT2D eigenvalue weighted by Gasteiger charge is 2.37. The van der Waals surface area contributed by atoms with Crippen molar-refractivity contribution in [1.82, 2.24) is 15.5 Å². The maximum absolute atomic E-state index is 5.75. The van der Waals surface area contributed by atoms with E-state index in [2.05, 4.69) is 22.4 Å². The van der Waals surface area contributed by atoms with Crippen LogP contribution in [-0.4, -0.2) is 29.8 Å². The van der Waals surface area contributed by atoms with Crippen LogP contribution >= 0.6 is 0 Å². The van der Waals surface area contributed by atoms with Crippen LogP contribution in [0.5, 0.6) is 0 Å². The molecule has 0 aromatic carbocycles. The lowest BCUT2D eigenvalue weighted by molar-refractivity contribution is 0.0384. The molecule has 0 bridgehead atoms. The average molecular weight is 251 g/mol. The Hall–Kier alpha value is -0.940. The Bertz CT molecular complexity index is 399. The molecule has 1 aliphatic heterocycles. The fourth-order valence-electron chi connectivity index (χ4n) is 2.41. The van der Waals surface area contributed by atoms with Crippen molar-refractivity contribution in [3.05, 3.63) is 11.7 Å². The quantitative estimate of drug-likeness (QED) is 0.836. The van der Waals surface area contributed by atoms with Gasteiger partial charge in [-0.2, -0.15) is 4.98 Å². The number of hydrogen-bond acceptors (Lipinski definition) is 5. The monoisotopic (exact) mass is 251 g/mol. The molecule has 1 aromatic heterocycles.